The van der Waals surface area contributed by atoms with Crippen LogP contribution in [-0.2, 0) is 6.18 Å². The summed E-state index contributed by atoms with van der Waals surface area (Å²) in [5, 5.41) is 6.16. The van der Waals surface area contributed by atoms with Crippen molar-refractivity contribution in [2.45, 2.75) is 19.1 Å². The van der Waals surface area contributed by atoms with Gasteiger partial charge in [0.1, 0.15) is 0 Å². The molecule has 0 aromatic carbocycles. The predicted octanol–water partition coefficient (Wildman–Crippen LogP) is 3.84. The maximum Gasteiger partial charge on any atom is 0.443 e. The molecular formula is C11H11F3N2S2. The summed E-state index contributed by atoms with van der Waals surface area (Å²) in [6.07, 6.45) is -3.07. The normalized spacial score (nSPS) is 13.8. The molecule has 0 bridgehead atoms. The average molecular weight is 292 g/mol. The van der Waals surface area contributed by atoms with Gasteiger partial charge in [0.05, 0.1) is 6.04 Å². The van der Waals surface area contributed by atoms with E-state index in [2.05, 4.69) is 10.3 Å². The van der Waals surface area contributed by atoms with Gasteiger partial charge in [0.2, 0.25) is 0 Å². The molecule has 2 rings (SSSR count). The molecular weight excluding hydrogens is 281 g/mol. The van der Waals surface area contributed by atoms with Crippen LogP contribution in [0.25, 0.3) is 0 Å². The van der Waals surface area contributed by atoms with Crippen LogP contribution in [0.3, 0.4) is 0 Å². The summed E-state index contributed by atoms with van der Waals surface area (Å²) < 4.78 is 37.6. The molecule has 1 N–H and O–H groups in total. The summed E-state index contributed by atoms with van der Waals surface area (Å²) >= 11 is 2.22. The highest BCUT2D eigenvalue weighted by Gasteiger charge is 2.35. The number of alkyl halides is 3. The van der Waals surface area contributed by atoms with E-state index in [1.807, 2.05) is 17.7 Å². The van der Waals surface area contributed by atoms with E-state index in [1.54, 1.807) is 7.05 Å². The summed E-state index contributed by atoms with van der Waals surface area (Å²) in [7, 11) is 1.73. The monoisotopic (exact) mass is 292 g/mol. The molecule has 0 saturated carbocycles. The molecule has 2 heterocycles. The van der Waals surface area contributed by atoms with Crippen molar-refractivity contribution in [1.29, 1.82) is 0 Å². The Morgan fingerprint density at radius 2 is 2.06 bits per heavy atom. The Balaban J connectivity index is 2.35. The van der Waals surface area contributed by atoms with E-state index >= 15 is 0 Å². The molecule has 2 aromatic heterocycles. The van der Waals surface area contributed by atoms with Crippen molar-refractivity contribution in [2.75, 3.05) is 7.05 Å². The van der Waals surface area contributed by atoms with Crippen molar-refractivity contribution in [3.05, 3.63) is 38.0 Å². The number of nitrogens with zero attached hydrogens (tertiary/aromatic N) is 1. The van der Waals surface area contributed by atoms with Crippen molar-refractivity contribution in [1.82, 2.24) is 10.3 Å². The van der Waals surface area contributed by atoms with Crippen LogP contribution in [0.4, 0.5) is 13.2 Å². The van der Waals surface area contributed by atoms with Gasteiger partial charge in [-0.15, -0.1) is 11.3 Å². The Morgan fingerprint density at radius 3 is 2.50 bits per heavy atom. The van der Waals surface area contributed by atoms with E-state index in [-0.39, 0.29) is 6.04 Å². The SMILES string of the molecule is CNC(c1cnc(C(F)(F)F)s1)c1cscc1C. The van der Waals surface area contributed by atoms with E-state index in [9.17, 15) is 13.2 Å². The molecule has 0 aliphatic rings. The lowest BCUT2D eigenvalue weighted by Crippen LogP contribution is -2.16. The fourth-order valence-corrected chi connectivity index (χ4v) is 3.46. The third kappa shape index (κ3) is 2.57. The number of nitrogens with one attached hydrogen (secondary N) is 1. The van der Waals surface area contributed by atoms with Gasteiger partial charge in [-0.05, 0) is 35.9 Å². The number of thiophene rings is 1. The zero-order valence-electron chi connectivity index (χ0n) is 9.71. The van der Waals surface area contributed by atoms with Gasteiger partial charge in [0, 0.05) is 11.1 Å². The molecule has 0 fully saturated rings. The van der Waals surface area contributed by atoms with Gasteiger partial charge in [0.15, 0.2) is 5.01 Å². The van der Waals surface area contributed by atoms with E-state index in [1.165, 1.54) is 17.5 Å². The average Bonchev–Trinajstić information content (AvgIpc) is 2.89. The van der Waals surface area contributed by atoms with Gasteiger partial charge >= 0.3 is 6.18 Å². The molecule has 98 valence electrons. The third-order valence-corrected chi connectivity index (χ3v) is 4.53. The zero-order valence-corrected chi connectivity index (χ0v) is 11.3. The number of rotatable bonds is 3. The summed E-state index contributed by atoms with van der Waals surface area (Å²) in [5.74, 6) is 0. The second-order valence-electron chi connectivity index (χ2n) is 3.80. The molecule has 0 amide bonds. The third-order valence-electron chi connectivity index (χ3n) is 2.55. The van der Waals surface area contributed by atoms with Crippen molar-refractivity contribution in [3.63, 3.8) is 0 Å². The van der Waals surface area contributed by atoms with Gasteiger partial charge in [-0.1, -0.05) is 0 Å². The van der Waals surface area contributed by atoms with Crippen LogP contribution < -0.4 is 5.32 Å². The highest BCUT2D eigenvalue weighted by Crippen LogP contribution is 2.36. The second kappa shape index (κ2) is 4.99. The molecule has 7 heteroatoms. The molecule has 1 unspecified atom stereocenters. The maximum absolute atomic E-state index is 12.5. The fraction of sp³-hybridized carbons (Fsp3) is 0.364. The van der Waals surface area contributed by atoms with E-state index in [4.69, 9.17) is 0 Å². The smallest absolute Gasteiger partial charge is 0.309 e. The molecule has 0 radical (unpaired) electrons. The lowest BCUT2D eigenvalue weighted by Gasteiger charge is -2.13. The molecule has 0 aliphatic carbocycles. The minimum Gasteiger partial charge on any atom is -0.309 e. The summed E-state index contributed by atoms with van der Waals surface area (Å²) in [6.45, 7) is 1.95. The molecule has 0 aliphatic heterocycles. The zero-order chi connectivity index (χ0) is 13.3. The first-order valence-electron chi connectivity index (χ1n) is 5.16. The first kappa shape index (κ1) is 13.5. The van der Waals surface area contributed by atoms with E-state index < -0.39 is 11.2 Å². The van der Waals surface area contributed by atoms with E-state index in [0.717, 1.165) is 11.1 Å². The van der Waals surface area contributed by atoms with Crippen LogP contribution in [0.15, 0.2) is 17.0 Å². The van der Waals surface area contributed by atoms with Crippen LogP contribution >= 0.6 is 22.7 Å². The Labute approximate surface area is 110 Å². The number of halogens is 3. The number of hydrogen-bond donors (Lipinski definition) is 1. The Kier molecular flexibility index (Phi) is 3.74. The van der Waals surface area contributed by atoms with Crippen molar-refractivity contribution in [2.24, 2.45) is 0 Å². The first-order chi connectivity index (χ1) is 8.43. The number of hydrogen-bond acceptors (Lipinski definition) is 4. The fourth-order valence-electron chi connectivity index (χ4n) is 1.67. The maximum atomic E-state index is 12.5. The van der Waals surface area contributed by atoms with Gasteiger partial charge in [-0.3, -0.25) is 0 Å². The van der Waals surface area contributed by atoms with E-state index in [0.29, 0.717) is 16.2 Å². The highest BCUT2D eigenvalue weighted by molar-refractivity contribution is 7.11. The molecule has 0 saturated heterocycles. The van der Waals surface area contributed by atoms with Gasteiger partial charge in [-0.2, -0.15) is 24.5 Å². The number of aromatic nitrogens is 1. The van der Waals surface area contributed by atoms with Gasteiger partial charge in [0.25, 0.3) is 0 Å². The van der Waals surface area contributed by atoms with Crippen LogP contribution in [0.5, 0.6) is 0 Å². The minimum atomic E-state index is -4.37. The van der Waals surface area contributed by atoms with Crippen molar-refractivity contribution >= 4 is 22.7 Å². The molecule has 0 spiro atoms. The van der Waals surface area contributed by atoms with Crippen LogP contribution in [-0.4, -0.2) is 12.0 Å². The second-order valence-corrected chi connectivity index (χ2v) is 5.60. The lowest BCUT2D eigenvalue weighted by molar-refractivity contribution is -0.137. The Hall–Kier alpha value is -0.920. The van der Waals surface area contributed by atoms with Crippen molar-refractivity contribution < 1.29 is 13.2 Å². The highest BCUT2D eigenvalue weighted by atomic mass is 32.1. The molecule has 2 aromatic rings. The van der Waals surface area contributed by atoms with Crippen LogP contribution in [0.2, 0.25) is 0 Å². The summed E-state index contributed by atoms with van der Waals surface area (Å²) in [4.78, 5) is 4.03. The topological polar surface area (TPSA) is 24.9 Å². The molecule has 1 atom stereocenters. The largest absolute Gasteiger partial charge is 0.443 e. The van der Waals surface area contributed by atoms with Crippen LogP contribution in [0, 0.1) is 6.92 Å². The minimum absolute atomic E-state index is 0.232. The summed E-state index contributed by atoms with van der Waals surface area (Å²) in [5.41, 5.74) is 2.07. The standard InChI is InChI=1S/C11H11F3N2S2/c1-6-4-17-5-7(6)9(15-2)8-3-16-10(18-8)11(12,13)14/h3-5,9,15H,1-2H3. The lowest BCUT2D eigenvalue weighted by atomic mass is 10.1. The van der Waals surface area contributed by atoms with Gasteiger partial charge in [-0.25, -0.2) is 4.98 Å². The number of aryl methyl sites for hydroxylation is 1. The van der Waals surface area contributed by atoms with Crippen molar-refractivity contribution in [3.8, 4) is 0 Å². The molecule has 2 nitrogen and oxygen atoms in total. The molecule has 18 heavy (non-hydrogen) atoms. The van der Waals surface area contributed by atoms with Crippen LogP contribution in [0.1, 0.15) is 27.1 Å². The predicted molar refractivity (Wildman–Crippen MR) is 67.1 cm³/mol. The van der Waals surface area contributed by atoms with Gasteiger partial charge < -0.3 is 5.32 Å². The Morgan fingerprint density at radius 1 is 1.33 bits per heavy atom. The first-order valence-corrected chi connectivity index (χ1v) is 6.92. The quantitative estimate of drug-likeness (QED) is 0.929. The summed E-state index contributed by atoms with van der Waals surface area (Å²) in [6, 6.07) is -0.232. The number of thiazole rings is 1. The Bertz CT molecular complexity index is 530.